The monoisotopic (exact) mass is 549 g/mol. The molecule has 1 saturated carbocycles. The van der Waals surface area contributed by atoms with Crippen molar-refractivity contribution in [3.05, 3.63) is 35.9 Å². The number of alkyl carbamates (subject to hydrolysis) is 1. The second-order valence-corrected chi connectivity index (χ2v) is 13.1. The van der Waals surface area contributed by atoms with Gasteiger partial charge in [0.1, 0.15) is 17.7 Å². The Kier molecular flexibility index (Phi) is 12.9. The van der Waals surface area contributed by atoms with Gasteiger partial charge in [0.15, 0.2) is 0 Å². The first-order valence-corrected chi connectivity index (χ1v) is 14.8. The predicted octanol–water partition coefficient (Wildman–Crippen LogP) is 4.19. The van der Waals surface area contributed by atoms with Crippen LogP contribution in [0.5, 0.6) is 0 Å². The number of hydrogen-bond acceptors (Lipinski definition) is 6. The molecule has 4 N–H and O–H groups in total. The van der Waals surface area contributed by atoms with Gasteiger partial charge in [0.05, 0.1) is 12.1 Å². The zero-order valence-electron chi connectivity index (χ0n) is 23.8. The lowest BCUT2D eigenvalue weighted by Crippen LogP contribution is -2.57. The van der Waals surface area contributed by atoms with Gasteiger partial charge in [-0.1, -0.05) is 63.4 Å². The van der Waals surface area contributed by atoms with Crippen molar-refractivity contribution in [3.8, 4) is 0 Å². The Labute approximate surface area is 232 Å². The smallest absolute Gasteiger partial charge is 0.408 e. The third kappa shape index (κ3) is 11.6. The largest absolute Gasteiger partial charge is 0.444 e. The summed E-state index contributed by atoms with van der Waals surface area (Å²) in [6.07, 6.45) is 4.16. The fraction of sp³-hybridized carbons (Fsp3) is 0.690. The summed E-state index contributed by atoms with van der Waals surface area (Å²) in [5.41, 5.74) is 0.150. The van der Waals surface area contributed by atoms with Gasteiger partial charge in [-0.05, 0) is 57.3 Å². The Morgan fingerprint density at radius 3 is 2.18 bits per heavy atom. The Morgan fingerprint density at radius 1 is 0.974 bits per heavy atom. The second kappa shape index (κ2) is 15.4. The van der Waals surface area contributed by atoms with Crippen LogP contribution in [0.25, 0.3) is 0 Å². The second-order valence-electron chi connectivity index (χ2n) is 11.5. The van der Waals surface area contributed by atoms with Crippen LogP contribution in [0, 0.1) is 5.92 Å². The van der Waals surface area contributed by atoms with E-state index in [-0.39, 0.29) is 24.3 Å². The number of aliphatic hydroxyl groups excluding tert-OH is 1. The number of amides is 3. The van der Waals surface area contributed by atoms with E-state index in [1.807, 2.05) is 30.3 Å². The molecule has 1 fully saturated rings. The van der Waals surface area contributed by atoms with Crippen LogP contribution in [0.4, 0.5) is 4.79 Å². The highest BCUT2D eigenvalue weighted by atomic mass is 32.2. The van der Waals surface area contributed by atoms with Gasteiger partial charge in [0.25, 0.3) is 0 Å². The van der Waals surface area contributed by atoms with Crippen LogP contribution in [0.1, 0.15) is 79.2 Å². The average Bonchev–Trinajstić information content (AvgIpc) is 2.85. The van der Waals surface area contributed by atoms with Crippen molar-refractivity contribution in [1.29, 1.82) is 0 Å². The molecule has 4 atom stereocenters. The molecule has 8 nitrogen and oxygen atoms in total. The van der Waals surface area contributed by atoms with Crippen molar-refractivity contribution in [1.82, 2.24) is 16.0 Å². The molecule has 0 aliphatic heterocycles. The van der Waals surface area contributed by atoms with Crippen LogP contribution in [-0.4, -0.2) is 63.8 Å². The summed E-state index contributed by atoms with van der Waals surface area (Å²) >= 11 is 1.67. The molecule has 1 aromatic rings. The third-order valence-electron chi connectivity index (χ3n) is 6.52. The first kappa shape index (κ1) is 32.0. The molecule has 2 rings (SSSR count). The zero-order chi connectivity index (χ0) is 28.3. The fourth-order valence-corrected chi connectivity index (χ4v) is 5.38. The van der Waals surface area contributed by atoms with E-state index in [0.29, 0.717) is 11.0 Å². The number of benzene rings is 1. The van der Waals surface area contributed by atoms with E-state index in [1.54, 1.807) is 39.5 Å². The summed E-state index contributed by atoms with van der Waals surface area (Å²) in [5, 5.41) is 19.8. The van der Waals surface area contributed by atoms with E-state index in [1.165, 1.54) is 6.42 Å². The van der Waals surface area contributed by atoms with Gasteiger partial charge in [0.2, 0.25) is 11.8 Å². The number of hydrogen-bond donors (Lipinski definition) is 4. The van der Waals surface area contributed by atoms with Crippen LogP contribution >= 0.6 is 11.8 Å². The molecule has 0 radical (unpaired) electrons. The number of rotatable bonds is 12. The quantitative estimate of drug-likeness (QED) is 0.311. The number of carbonyl (C=O) groups is 3. The summed E-state index contributed by atoms with van der Waals surface area (Å²) in [6, 6.07) is 7.21. The molecule has 9 heteroatoms. The summed E-state index contributed by atoms with van der Waals surface area (Å²) in [6.45, 7) is 11.0. The molecule has 0 unspecified atom stereocenters. The fourth-order valence-electron chi connectivity index (χ4n) is 4.59. The summed E-state index contributed by atoms with van der Waals surface area (Å²) in [4.78, 5) is 38.9. The lowest BCUT2D eigenvalue weighted by molar-refractivity contribution is -0.130. The molecule has 0 aromatic heterocycles. The van der Waals surface area contributed by atoms with Gasteiger partial charge in [-0.15, -0.1) is 0 Å². The molecule has 3 amide bonds. The topological polar surface area (TPSA) is 117 Å². The minimum absolute atomic E-state index is 0.207. The van der Waals surface area contributed by atoms with Crippen LogP contribution in [0.15, 0.2) is 30.3 Å². The number of ether oxygens (including phenoxy) is 1. The van der Waals surface area contributed by atoms with Gasteiger partial charge in [-0.2, -0.15) is 11.8 Å². The van der Waals surface area contributed by atoms with Gasteiger partial charge < -0.3 is 25.8 Å². The van der Waals surface area contributed by atoms with E-state index in [9.17, 15) is 19.5 Å². The van der Waals surface area contributed by atoms with Gasteiger partial charge >= 0.3 is 6.09 Å². The van der Waals surface area contributed by atoms with Crippen LogP contribution in [0.2, 0.25) is 0 Å². The Balaban J connectivity index is 2.08. The highest BCUT2D eigenvalue weighted by molar-refractivity contribution is 7.99. The van der Waals surface area contributed by atoms with Crippen molar-refractivity contribution < 1.29 is 24.2 Å². The minimum Gasteiger partial charge on any atom is -0.444 e. The van der Waals surface area contributed by atoms with Crippen molar-refractivity contribution in [2.75, 3.05) is 5.75 Å². The molecular formula is C29H47N3O5S. The number of nitrogens with one attached hydrogen (secondary N) is 3. The molecule has 38 heavy (non-hydrogen) atoms. The van der Waals surface area contributed by atoms with E-state index >= 15 is 0 Å². The predicted molar refractivity (Wildman–Crippen MR) is 153 cm³/mol. The first-order chi connectivity index (χ1) is 17.9. The molecule has 0 bridgehead atoms. The highest BCUT2D eigenvalue weighted by Crippen LogP contribution is 2.29. The number of carbonyl (C=O) groups excluding carboxylic acids is 3. The van der Waals surface area contributed by atoms with Gasteiger partial charge in [-0.3, -0.25) is 9.59 Å². The van der Waals surface area contributed by atoms with E-state index in [2.05, 4.69) is 29.8 Å². The molecule has 214 valence electrons. The average molecular weight is 550 g/mol. The number of aliphatic hydroxyl groups is 1. The molecule has 0 spiro atoms. The van der Waals surface area contributed by atoms with E-state index < -0.39 is 35.8 Å². The molecule has 1 aromatic carbocycles. The Hall–Kier alpha value is -2.26. The van der Waals surface area contributed by atoms with Crippen molar-refractivity contribution in [2.24, 2.45) is 5.92 Å². The van der Waals surface area contributed by atoms with Crippen LogP contribution in [0.3, 0.4) is 0 Å². The van der Waals surface area contributed by atoms with Gasteiger partial charge in [0, 0.05) is 12.2 Å². The summed E-state index contributed by atoms with van der Waals surface area (Å²) in [7, 11) is 0. The molecule has 1 aliphatic rings. The van der Waals surface area contributed by atoms with Crippen molar-refractivity contribution >= 4 is 29.7 Å². The maximum atomic E-state index is 13.2. The molecule has 1 aliphatic carbocycles. The lowest BCUT2D eigenvalue weighted by atomic mass is 9.82. The summed E-state index contributed by atoms with van der Waals surface area (Å²) < 4.78 is 5.36. The van der Waals surface area contributed by atoms with E-state index in [4.69, 9.17) is 4.74 Å². The molecule has 0 saturated heterocycles. The first-order valence-electron chi connectivity index (χ1n) is 13.8. The normalized spacial score (nSPS) is 17.7. The highest BCUT2D eigenvalue weighted by Gasteiger charge is 2.33. The SMILES string of the molecule is CC(C)SC[C@H](O)[C@@H](NC(=O)[C@H](C)NC(=O)[C@H](Cc1ccccc1)NC(=O)OC(C)(C)C)C1CCCCC1. The maximum Gasteiger partial charge on any atom is 0.408 e. The van der Waals surface area contributed by atoms with Crippen LogP contribution in [-0.2, 0) is 20.7 Å². The minimum atomic E-state index is -0.926. The third-order valence-corrected chi connectivity index (χ3v) is 7.72. The van der Waals surface area contributed by atoms with Crippen molar-refractivity contribution in [3.63, 3.8) is 0 Å². The van der Waals surface area contributed by atoms with Gasteiger partial charge in [-0.25, -0.2) is 4.79 Å². The molecule has 0 heterocycles. The van der Waals surface area contributed by atoms with Crippen molar-refractivity contribution in [2.45, 2.75) is 115 Å². The zero-order valence-corrected chi connectivity index (χ0v) is 24.6. The number of thioether (sulfide) groups is 1. The lowest BCUT2D eigenvalue weighted by Gasteiger charge is -2.35. The van der Waals surface area contributed by atoms with E-state index in [0.717, 1.165) is 31.2 Å². The standard InChI is InChI=1S/C29H47N3O5S/c1-19(2)38-18-24(33)25(22-15-11-8-12-16-22)32-26(34)20(3)30-27(35)23(17-21-13-9-7-10-14-21)31-28(36)37-29(4,5)6/h7,9-10,13-14,19-20,22-25,33H,8,11-12,15-18H2,1-6H3,(H,30,35)(H,31,36)(H,32,34)/t20-,23-,24-,25-/m0/s1. The Morgan fingerprint density at radius 2 is 1.61 bits per heavy atom. The summed E-state index contributed by atoms with van der Waals surface area (Å²) in [5.74, 6) is -0.0810. The molecular weight excluding hydrogens is 502 g/mol. The maximum absolute atomic E-state index is 13.2. The van der Waals surface area contributed by atoms with Crippen LogP contribution < -0.4 is 16.0 Å². The Bertz CT molecular complexity index is 884.